The molecule has 0 saturated heterocycles. The molecule has 2 aromatic heterocycles. The van der Waals surface area contributed by atoms with Gasteiger partial charge in [0.2, 0.25) is 5.91 Å². The van der Waals surface area contributed by atoms with Gasteiger partial charge in [-0.2, -0.15) is 5.10 Å². The van der Waals surface area contributed by atoms with Crippen molar-refractivity contribution in [2.45, 2.75) is 32.5 Å². The van der Waals surface area contributed by atoms with Crippen molar-refractivity contribution in [3.05, 3.63) is 34.0 Å². The largest absolute Gasteiger partial charge is 0.349 e. The lowest BCUT2D eigenvalue weighted by atomic mass is 10.1. The number of carbonyl (C=O) groups is 1. The number of rotatable bonds is 4. The third kappa shape index (κ3) is 3.20. The SMILES string of the molecule is Cc1nc(CN2Cc3ccnn3[C@H](CC(=O)N(C)C)C2)cs1. The highest BCUT2D eigenvalue weighted by Gasteiger charge is 2.28. The average molecular weight is 319 g/mol. The Morgan fingerprint density at radius 2 is 2.32 bits per heavy atom. The summed E-state index contributed by atoms with van der Waals surface area (Å²) < 4.78 is 2.00. The molecule has 3 rings (SSSR count). The summed E-state index contributed by atoms with van der Waals surface area (Å²) >= 11 is 1.68. The number of carbonyl (C=O) groups excluding carboxylic acids is 1. The standard InChI is InChI=1S/C15H21N5OS/c1-11-17-12(10-22-11)7-19-8-13-4-5-16-20(13)14(9-19)6-15(21)18(2)3/h4-5,10,14H,6-9H2,1-3H3/t14-/m1/s1. The number of amides is 1. The van der Waals surface area contributed by atoms with Crippen LogP contribution >= 0.6 is 11.3 Å². The van der Waals surface area contributed by atoms with E-state index in [1.807, 2.05) is 23.9 Å². The molecule has 0 fully saturated rings. The Bertz CT molecular complexity index is 662. The molecule has 6 nitrogen and oxygen atoms in total. The van der Waals surface area contributed by atoms with Gasteiger partial charge in [0.15, 0.2) is 0 Å². The molecule has 0 aromatic carbocycles. The molecule has 0 radical (unpaired) electrons. The van der Waals surface area contributed by atoms with Gasteiger partial charge >= 0.3 is 0 Å². The maximum Gasteiger partial charge on any atom is 0.224 e. The van der Waals surface area contributed by atoms with E-state index in [0.29, 0.717) is 6.42 Å². The van der Waals surface area contributed by atoms with Crippen LogP contribution in [0, 0.1) is 6.92 Å². The maximum absolute atomic E-state index is 12.1. The first-order valence-corrected chi connectivity index (χ1v) is 8.27. The molecule has 1 aliphatic heterocycles. The van der Waals surface area contributed by atoms with Crippen LogP contribution in [-0.2, 0) is 17.9 Å². The van der Waals surface area contributed by atoms with E-state index in [-0.39, 0.29) is 11.9 Å². The highest BCUT2D eigenvalue weighted by atomic mass is 32.1. The fourth-order valence-electron chi connectivity index (χ4n) is 2.83. The lowest BCUT2D eigenvalue weighted by Gasteiger charge is -2.33. The highest BCUT2D eigenvalue weighted by molar-refractivity contribution is 7.09. The third-order valence-corrected chi connectivity index (χ3v) is 4.74. The fraction of sp³-hybridized carbons (Fsp3) is 0.533. The van der Waals surface area contributed by atoms with Crippen molar-refractivity contribution >= 4 is 17.2 Å². The smallest absolute Gasteiger partial charge is 0.224 e. The summed E-state index contributed by atoms with van der Waals surface area (Å²) in [4.78, 5) is 20.6. The van der Waals surface area contributed by atoms with Crippen LogP contribution in [0.2, 0.25) is 0 Å². The topological polar surface area (TPSA) is 54.3 Å². The molecular formula is C15H21N5OS. The quantitative estimate of drug-likeness (QED) is 0.860. The Hall–Kier alpha value is -1.73. The van der Waals surface area contributed by atoms with Gasteiger partial charge in [-0.25, -0.2) is 4.98 Å². The first-order chi connectivity index (χ1) is 10.5. The fourth-order valence-corrected chi connectivity index (χ4v) is 3.43. The van der Waals surface area contributed by atoms with Crippen molar-refractivity contribution in [1.82, 2.24) is 24.6 Å². The van der Waals surface area contributed by atoms with Crippen molar-refractivity contribution in [3.63, 3.8) is 0 Å². The van der Waals surface area contributed by atoms with Crippen LogP contribution in [0.4, 0.5) is 0 Å². The van der Waals surface area contributed by atoms with Crippen molar-refractivity contribution in [2.24, 2.45) is 0 Å². The van der Waals surface area contributed by atoms with Gasteiger partial charge in [0.25, 0.3) is 0 Å². The van der Waals surface area contributed by atoms with Crippen LogP contribution in [0.1, 0.15) is 28.9 Å². The zero-order chi connectivity index (χ0) is 15.7. The molecule has 0 N–H and O–H groups in total. The Morgan fingerprint density at radius 1 is 1.50 bits per heavy atom. The summed E-state index contributed by atoms with van der Waals surface area (Å²) in [5, 5.41) is 7.61. The second-order valence-corrected chi connectivity index (χ2v) is 7.00. The second-order valence-electron chi connectivity index (χ2n) is 5.94. The maximum atomic E-state index is 12.1. The summed E-state index contributed by atoms with van der Waals surface area (Å²) in [7, 11) is 3.59. The number of hydrogen-bond acceptors (Lipinski definition) is 5. The molecule has 1 aliphatic rings. The minimum atomic E-state index is 0.0911. The third-order valence-electron chi connectivity index (χ3n) is 3.91. The molecule has 22 heavy (non-hydrogen) atoms. The normalized spacial score (nSPS) is 18.2. The van der Waals surface area contributed by atoms with Crippen molar-refractivity contribution < 1.29 is 4.79 Å². The second kappa shape index (κ2) is 6.18. The molecule has 3 heterocycles. The summed E-state index contributed by atoms with van der Waals surface area (Å²) in [5.74, 6) is 0.137. The van der Waals surface area contributed by atoms with Crippen molar-refractivity contribution in [3.8, 4) is 0 Å². The Morgan fingerprint density at radius 3 is 3.00 bits per heavy atom. The van der Waals surface area contributed by atoms with Gasteiger partial charge in [-0.1, -0.05) is 0 Å². The van der Waals surface area contributed by atoms with Gasteiger partial charge in [-0.3, -0.25) is 14.4 Å². The van der Waals surface area contributed by atoms with Crippen LogP contribution in [0.25, 0.3) is 0 Å². The Kier molecular flexibility index (Phi) is 4.26. The van der Waals surface area contributed by atoms with E-state index in [1.54, 1.807) is 30.3 Å². The van der Waals surface area contributed by atoms with Crippen molar-refractivity contribution in [1.29, 1.82) is 0 Å². The summed E-state index contributed by atoms with van der Waals surface area (Å²) in [6.07, 6.45) is 2.30. The van der Waals surface area contributed by atoms with E-state index < -0.39 is 0 Å². The predicted molar refractivity (Wildman–Crippen MR) is 85.5 cm³/mol. The molecule has 0 unspecified atom stereocenters. The number of nitrogens with zero attached hydrogens (tertiary/aromatic N) is 5. The van der Waals surface area contributed by atoms with E-state index in [4.69, 9.17) is 0 Å². The van der Waals surface area contributed by atoms with E-state index in [2.05, 4.69) is 20.4 Å². The van der Waals surface area contributed by atoms with Crippen LogP contribution in [0.3, 0.4) is 0 Å². The molecule has 118 valence electrons. The molecule has 0 spiro atoms. The first-order valence-electron chi connectivity index (χ1n) is 7.39. The zero-order valence-electron chi connectivity index (χ0n) is 13.2. The number of hydrogen-bond donors (Lipinski definition) is 0. The molecule has 7 heteroatoms. The lowest BCUT2D eigenvalue weighted by molar-refractivity contribution is -0.129. The monoisotopic (exact) mass is 319 g/mol. The number of fused-ring (bicyclic) bond motifs is 1. The van der Waals surface area contributed by atoms with Crippen LogP contribution in [-0.4, -0.2) is 51.1 Å². The summed E-state index contributed by atoms with van der Waals surface area (Å²) in [5.41, 5.74) is 2.27. The molecule has 0 aliphatic carbocycles. The van der Waals surface area contributed by atoms with Gasteiger partial charge in [0.05, 0.1) is 28.9 Å². The van der Waals surface area contributed by atoms with Crippen molar-refractivity contribution in [2.75, 3.05) is 20.6 Å². The molecule has 1 atom stereocenters. The van der Waals surface area contributed by atoms with Crippen LogP contribution < -0.4 is 0 Å². The van der Waals surface area contributed by atoms with Gasteiger partial charge in [0.1, 0.15) is 0 Å². The minimum Gasteiger partial charge on any atom is -0.349 e. The highest BCUT2D eigenvalue weighted by Crippen LogP contribution is 2.25. The summed E-state index contributed by atoms with van der Waals surface area (Å²) in [6.45, 7) is 4.52. The number of aryl methyl sites for hydroxylation is 1. The molecule has 1 amide bonds. The Balaban J connectivity index is 1.75. The number of aromatic nitrogens is 3. The Labute approximate surface area is 134 Å². The van der Waals surface area contributed by atoms with Gasteiger partial charge in [-0.15, -0.1) is 11.3 Å². The van der Waals surface area contributed by atoms with Gasteiger partial charge in [-0.05, 0) is 13.0 Å². The van der Waals surface area contributed by atoms with E-state index >= 15 is 0 Å². The van der Waals surface area contributed by atoms with Crippen LogP contribution in [0.15, 0.2) is 17.6 Å². The first kappa shape index (κ1) is 15.2. The van der Waals surface area contributed by atoms with E-state index in [0.717, 1.165) is 36.0 Å². The predicted octanol–water partition coefficient (Wildman–Crippen LogP) is 1.68. The molecule has 0 bridgehead atoms. The summed E-state index contributed by atoms with van der Waals surface area (Å²) in [6, 6.07) is 2.12. The molecule has 0 saturated carbocycles. The molecule has 2 aromatic rings. The van der Waals surface area contributed by atoms with E-state index in [1.165, 1.54) is 0 Å². The average Bonchev–Trinajstić information content (AvgIpc) is 3.07. The minimum absolute atomic E-state index is 0.0911. The zero-order valence-corrected chi connectivity index (χ0v) is 14.0. The lowest BCUT2D eigenvalue weighted by Crippen LogP contribution is -2.39. The number of thiazole rings is 1. The van der Waals surface area contributed by atoms with E-state index in [9.17, 15) is 4.79 Å². The van der Waals surface area contributed by atoms with Crippen LogP contribution in [0.5, 0.6) is 0 Å². The van der Waals surface area contributed by atoms with Gasteiger partial charge in [0, 0.05) is 45.3 Å². The van der Waals surface area contributed by atoms with Gasteiger partial charge < -0.3 is 4.90 Å². The molecular weight excluding hydrogens is 298 g/mol.